The number of rotatable bonds is 4. The van der Waals surface area contributed by atoms with Crippen molar-refractivity contribution >= 4 is 17.6 Å². The summed E-state index contributed by atoms with van der Waals surface area (Å²) in [5.74, 6) is -1.00. The number of aliphatic hydroxyl groups excluding tert-OH is 2. The van der Waals surface area contributed by atoms with Crippen LogP contribution < -0.4 is 5.56 Å². The molecule has 1 aromatic rings. The Morgan fingerprint density at radius 1 is 1.59 bits per heavy atom. The van der Waals surface area contributed by atoms with Crippen molar-refractivity contribution in [1.82, 2.24) is 4.98 Å². The highest BCUT2D eigenvalue weighted by Gasteiger charge is 2.28. The first kappa shape index (κ1) is 13.7. The van der Waals surface area contributed by atoms with Gasteiger partial charge in [0, 0.05) is 6.20 Å². The number of carbonyl (C=O) groups is 1. The Kier molecular flexibility index (Phi) is 4.68. The van der Waals surface area contributed by atoms with E-state index >= 15 is 0 Å². The lowest BCUT2D eigenvalue weighted by atomic mass is 10.1. The predicted octanol–water partition coefficient (Wildman–Crippen LogP) is -0.0143. The number of hydrogen-bond donors (Lipinski definition) is 3. The lowest BCUT2D eigenvalue weighted by Gasteiger charge is -2.15. The molecule has 0 amide bonds. The molecule has 3 N–H and O–H groups in total. The maximum absolute atomic E-state index is 11.4. The normalized spacial score (nSPS) is 14.1. The average molecular weight is 262 g/mol. The molecular formula is C10H12ClNO5. The SMILES string of the molecule is CCOC(=O)C(O)C(O)c1cc(Cl)c[nH]c1=O. The van der Waals surface area contributed by atoms with Gasteiger partial charge in [0.05, 0.1) is 17.2 Å². The molecule has 7 heteroatoms. The van der Waals surface area contributed by atoms with Gasteiger partial charge in [-0.1, -0.05) is 11.6 Å². The van der Waals surface area contributed by atoms with E-state index in [2.05, 4.69) is 9.72 Å². The summed E-state index contributed by atoms with van der Waals surface area (Å²) in [7, 11) is 0. The molecule has 0 spiro atoms. The van der Waals surface area contributed by atoms with Crippen molar-refractivity contribution in [3.8, 4) is 0 Å². The Labute approximate surface area is 102 Å². The van der Waals surface area contributed by atoms with Gasteiger partial charge >= 0.3 is 5.97 Å². The topological polar surface area (TPSA) is 99.6 Å². The molecule has 0 radical (unpaired) electrons. The number of carbonyl (C=O) groups excluding carboxylic acids is 1. The van der Waals surface area contributed by atoms with Crippen molar-refractivity contribution in [2.45, 2.75) is 19.1 Å². The molecule has 0 aliphatic rings. The summed E-state index contributed by atoms with van der Waals surface area (Å²) in [6, 6.07) is 1.17. The zero-order chi connectivity index (χ0) is 13.0. The molecule has 6 nitrogen and oxygen atoms in total. The number of aliphatic hydroxyl groups is 2. The van der Waals surface area contributed by atoms with Crippen molar-refractivity contribution in [3.05, 3.63) is 33.2 Å². The number of ether oxygens (including phenoxy) is 1. The summed E-state index contributed by atoms with van der Waals surface area (Å²) >= 11 is 5.63. The van der Waals surface area contributed by atoms with Crippen LogP contribution in [0.5, 0.6) is 0 Å². The second-order valence-corrected chi connectivity index (χ2v) is 3.68. The highest BCUT2D eigenvalue weighted by molar-refractivity contribution is 6.30. The largest absolute Gasteiger partial charge is 0.464 e. The Morgan fingerprint density at radius 2 is 2.24 bits per heavy atom. The molecule has 1 heterocycles. The van der Waals surface area contributed by atoms with Crippen LogP contribution in [0.25, 0.3) is 0 Å². The van der Waals surface area contributed by atoms with Gasteiger partial charge in [-0.15, -0.1) is 0 Å². The number of halogens is 1. The van der Waals surface area contributed by atoms with Gasteiger partial charge in [-0.2, -0.15) is 0 Å². The van der Waals surface area contributed by atoms with Gasteiger partial charge in [0.1, 0.15) is 6.10 Å². The zero-order valence-electron chi connectivity index (χ0n) is 9.01. The highest BCUT2D eigenvalue weighted by atomic mass is 35.5. The molecule has 94 valence electrons. The van der Waals surface area contributed by atoms with Gasteiger partial charge in [-0.25, -0.2) is 4.79 Å². The third-order valence-corrected chi connectivity index (χ3v) is 2.26. The maximum atomic E-state index is 11.4. The Morgan fingerprint density at radius 3 is 2.82 bits per heavy atom. The van der Waals surface area contributed by atoms with Crippen LogP contribution in [0.3, 0.4) is 0 Å². The number of pyridine rings is 1. The monoisotopic (exact) mass is 261 g/mol. The van der Waals surface area contributed by atoms with E-state index in [9.17, 15) is 19.8 Å². The molecule has 0 aliphatic heterocycles. The highest BCUT2D eigenvalue weighted by Crippen LogP contribution is 2.17. The summed E-state index contributed by atoms with van der Waals surface area (Å²) in [4.78, 5) is 24.8. The standard InChI is InChI=1S/C10H12ClNO5/c1-2-17-10(16)8(14)7(13)6-3-5(11)4-12-9(6)15/h3-4,7-8,13-14H,2H2,1H3,(H,12,15). The van der Waals surface area contributed by atoms with Crippen molar-refractivity contribution in [2.75, 3.05) is 6.61 Å². The van der Waals surface area contributed by atoms with Gasteiger partial charge in [0.15, 0.2) is 6.10 Å². The molecule has 0 aliphatic carbocycles. The van der Waals surface area contributed by atoms with Crippen LogP contribution in [-0.4, -0.2) is 33.9 Å². The first-order valence-electron chi connectivity index (χ1n) is 4.88. The van der Waals surface area contributed by atoms with Crippen LogP contribution >= 0.6 is 11.6 Å². The Balaban J connectivity index is 2.95. The fourth-order valence-corrected chi connectivity index (χ4v) is 1.39. The number of hydrogen-bond acceptors (Lipinski definition) is 5. The molecule has 0 bridgehead atoms. The average Bonchev–Trinajstić information content (AvgIpc) is 2.30. The zero-order valence-corrected chi connectivity index (χ0v) is 9.77. The van der Waals surface area contributed by atoms with Crippen LogP contribution in [0.4, 0.5) is 0 Å². The minimum absolute atomic E-state index is 0.0640. The van der Waals surface area contributed by atoms with Gasteiger partial charge in [0.2, 0.25) is 0 Å². The fraction of sp³-hybridized carbons (Fsp3) is 0.400. The third kappa shape index (κ3) is 3.29. The summed E-state index contributed by atoms with van der Waals surface area (Å²) in [6.07, 6.45) is -2.28. The molecule has 17 heavy (non-hydrogen) atoms. The van der Waals surface area contributed by atoms with Gasteiger partial charge in [-0.05, 0) is 13.0 Å². The van der Waals surface area contributed by atoms with Crippen LogP contribution in [-0.2, 0) is 9.53 Å². The van der Waals surface area contributed by atoms with Crippen LogP contribution in [0.15, 0.2) is 17.1 Å². The molecule has 0 fully saturated rings. The van der Waals surface area contributed by atoms with E-state index < -0.39 is 23.7 Å². The molecule has 2 atom stereocenters. The number of H-pyrrole nitrogens is 1. The van der Waals surface area contributed by atoms with E-state index in [1.165, 1.54) is 12.3 Å². The lowest BCUT2D eigenvalue weighted by Crippen LogP contribution is -2.33. The van der Waals surface area contributed by atoms with Crippen LogP contribution in [0, 0.1) is 0 Å². The van der Waals surface area contributed by atoms with E-state index in [0.717, 1.165) is 0 Å². The molecular weight excluding hydrogens is 250 g/mol. The van der Waals surface area contributed by atoms with Crippen molar-refractivity contribution in [1.29, 1.82) is 0 Å². The number of esters is 1. The predicted molar refractivity (Wildman–Crippen MR) is 59.7 cm³/mol. The van der Waals surface area contributed by atoms with Gasteiger partial charge < -0.3 is 19.9 Å². The van der Waals surface area contributed by atoms with E-state index in [-0.39, 0.29) is 17.2 Å². The van der Waals surface area contributed by atoms with Crippen molar-refractivity contribution in [2.24, 2.45) is 0 Å². The summed E-state index contributed by atoms with van der Waals surface area (Å²) in [5, 5.41) is 19.3. The minimum Gasteiger partial charge on any atom is -0.464 e. The van der Waals surface area contributed by atoms with Crippen LogP contribution in [0.1, 0.15) is 18.6 Å². The number of aromatic nitrogens is 1. The van der Waals surface area contributed by atoms with E-state index in [4.69, 9.17) is 11.6 Å². The molecule has 0 saturated carbocycles. The molecule has 0 aromatic carbocycles. The molecule has 1 aromatic heterocycles. The second-order valence-electron chi connectivity index (χ2n) is 3.24. The first-order chi connectivity index (χ1) is 7.97. The first-order valence-corrected chi connectivity index (χ1v) is 5.26. The Hall–Kier alpha value is -1.37. The molecule has 2 unspecified atom stereocenters. The summed E-state index contributed by atoms with van der Waals surface area (Å²) in [5.41, 5.74) is -0.830. The lowest BCUT2D eigenvalue weighted by molar-refractivity contribution is -0.159. The van der Waals surface area contributed by atoms with E-state index in [1.54, 1.807) is 6.92 Å². The van der Waals surface area contributed by atoms with Gasteiger partial charge in [-0.3, -0.25) is 4.79 Å². The fourth-order valence-electron chi connectivity index (χ4n) is 1.22. The van der Waals surface area contributed by atoms with Crippen molar-refractivity contribution < 1.29 is 19.7 Å². The number of nitrogens with one attached hydrogen (secondary N) is 1. The van der Waals surface area contributed by atoms with Crippen molar-refractivity contribution in [3.63, 3.8) is 0 Å². The molecule has 1 rings (SSSR count). The second kappa shape index (κ2) is 5.81. The molecule has 0 saturated heterocycles. The van der Waals surface area contributed by atoms with E-state index in [1.807, 2.05) is 0 Å². The minimum atomic E-state index is -1.82. The maximum Gasteiger partial charge on any atom is 0.338 e. The Bertz CT molecular complexity index is 458. The summed E-state index contributed by atoms with van der Waals surface area (Å²) in [6.45, 7) is 1.62. The number of aromatic amines is 1. The van der Waals surface area contributed by atoms with E-state index in [0.29, 0.717) is 0 Å². The third-order valence-electron chi connectivity index (χ3n) is 2.04. The smallest absolute Gasteiger partial charge is 0.338 e. The quantitative estimate of drug-likeness (QED) is 0.662. The van der Waals surface area contributed by atoms with Gasteiger partial charge in [0.25, 0.3) is 5.56 Å². The summed E-state index contributed by atoms with van der Waals surface area (Å²) < 4.78 is 4.52. The van der Waals surface area contributed by atoms with Crippen LogP contribution in [0.2, 0.25) is 5.02 Å².